The monoisotopic (exact) mass is 157 g/mol. The smallest absolute Gasteiger partial charge is 0.106 e. The van der Waals surface area contributed by atoms with Crippen LogP contribution in [-0.4, -0.2) is 12.8 Å². The Morgan fingerprint density at radius 2 is 1.91 bits per heavy atom. The van der Waals surface area contributed by atoms with Gasteiger partial charge in [-0.05, 0) is 19.3 Å². The predicted octanol–water partition coefficient (Wildman–Crippen LogP) is 2.98. The highest BCUT2D eigenvalue weighted by atomic mass is 16.6. The summed E-state index contributed by atoms with van der Waals surface area (Å²) in [5, 5.41) is 3.97. The largest absolute Gasteiger partial charge is 0.399 e. The molecule has 0 radical (unpaired) electrons. The zero-order chi connectivity index (χ0) is 8.53. The summed E-state index contributed by atoms with van der Waals surface area (Å²) >= 11 is 0. The van der Waals surface area contributed by atoms with E-state index in [0.29, 0.717) is 0 Å². The summed E-state index contributed by atoms with van der Waals surface area (Å²) in [5.74, 6) is 0. The lowest BCUT2D eigenvalue weighted by atomic mass is 10.1. The molecule has 0 fully saturated rings. The van der Waals surface area contributed by atoms with Gasteiger partial charge in [-0.1, -0.05) is 31.8 Å². The van der Waals surface area contributed by atoms with Gasteiger partial charge in [-0.15, -0.1) is 0 Å². The van der Waals surface area contributed by atoms with Gasteiger partial charge in [0.25, 0.3) is 0 Å². The van der Waals surface area contributed by atoms with E-state index in [2.05, 4.69) is 19.0 Å². The Balaban J connectivity index is 3.60. The van der Waals surface area contributed by atoms with Crippen LogP contribution in [0.3, 0.4) is 0 Å². The number of oxime groups is 1. The molecule has 0 aliphatic heterocycles. The molecule has 2 heteroatoms. The molecule has 11 heavy (non-hydrogen) atoms. The van der Waals surface area contributed by atoms with E-state index in [9.17, 15) is 0 Å². The molecule has 66 valence electrons. The Kier molecular flexibility index (Phi) is 7.21. The van der Waals surface area contributed by atoms with Gasteiger partial charge in [0.15, 0.2) is 0 Å². The van der Waals surface area contributed by atoms with Crippen LogP contribution in [0.1, 0.15) is 46.0 Å². The highest BCUT2D eigenvalue weighted by molar-refractivity contribution is 5.83. The Hall–Kier alpha value is -0.530. The van der Waals surface area contributed by atoms with Gasteiger partial charge < -0.3 is 4.84 Å². The zero-order valence-electron chi connectivity index (χ0n) is 7.89. The van der Waals surface area contributed by atoms with E-state index in [4.69, 9.17) is 4.84 Å². The van der Waals surface area contributed by atoms with Crippen LogP contribution in [0.4, 0.5) is 0 Å². The number of rotatable bonds is 6. The second-order valence-electron chi connectivity index (χ2n) is 2.69. The van der Waals surface area contributed by atoms with Crippen molar-refractivity contribution in [1.29, 1.82) is 0 Å². The summed E-state index contributed by atoms with van der Waals surface area (Å²) in [4.78, 5) is 4.74. The first kappa shape index (κ1) is 10.5. The Labute approximate surface area is 69.6 Å². The van der Waals surface area contributed by atoms with Crippen molar-refractivity contribution in [3.05, 3.63) is 0 Å². The molecule has 2 nitrogen and oxygen atoms in total. The summed E-state index contributed by atoms with van der Waals surface area (Å²) < 4.78 is 0. The minimum Gasteiger partial charge on any atom is -0.399 e. The first-order valence-corrected chi connectivity index (χ1v) is 4.44. The zero-order valence-corrected chi connectivity index (χ0v) is 7.89. The van der Waals surface area contributed by atoms with Crippen molar-refractivity contribution >= 4 is 5.71 Å². The molecule has 0 bridgehead atoms. The van der Waals surface area contributed by atoms with Gasteiger partial charge in [0.2, 0.25) is 0 Å². The van der Waals surface area contributed by atoms with Gasteiger partial charge in [0.05, 0.1) is 5.71 Å². The van der Waals surface area contributed by atoms with Crippen molar-refractivity contribution in [1.82, 2.24) is 0 Å². The molecular weight excluding hydrogens is 138 g/mol. The van der Waals surface area contributed by atoms with Crippen LogP contribution in [0.5, 0.6) is 0 Å². The number of nitrogens with zero attached hydrogens (tertiary/aromatic N) is 1. The summed E-state index contributed by atoms with van der Waals surface area (Å²) in [5.41, 5.74) is 1.21. The average molecular weight is 157 g/mol. The molecule has 0 rings (SSSR count). The first-order chi connectivity index (χ1) is 5.35. The molecule has 0 aliphatic carbocycles. The molecular formula is C9H19NO. The normalized spacial score (nSPS) is 11.7. The fourth-order valence-corrected chi connectivity index (χ4v) is 1.01. The fourth-order valence-electron chi connectivity index (χ4n) is 1.01. The topological polar surface area (TPSA) is 21.6 Å². The molecule has 0 unspecified atom stereocenters. The third kappa shape index (κ3) is 5.89. The quantitative estimate of drug-likeness (QED) is 0.429. The number of hydrogen-bond donors (Lipinski definition) is 0. The maximum Gasteiger partial charge on any atom is 0.106 e. The van der Waals surface area contributed by atoms with Crippen molar-refractivity contribution < 1.29 is 4.84 Å². The molecule has 0 aromatic carbocycles. The van der Waals surface area contributed by atoms with E-state index in [1.54, 1.807) is 7.11 Å². The van der Waals surface area contributed by atoms with E-state index >= 15 is 0 Å². The molecule has 0 heterocycles. The maximum atomic E-state index is 4.74. The van der Waals surface area contributed by atoms with E-state index < -0.39 is 0 Å². The van der Waals surface area contributed by atoms with Crippen molar-refractivity contribution in [2.45, 2.75) is 46.0 Å². The lowest BCUT2D eigenvalue weighted by Crippen LogP contribution is -1.98. The lowest BCUT2D eigenvalue weighted by Gasteiger charge is -2.01. The molecule has 0 N–H and O–H groups in total. The SMILES string of the molecule is CCCCC(CCC)=NOC. The van der Waals surface area contributed by atoms with Gasteiger partial charge in [-0.25, -0.2) is 0 Å². The predicted molar refractivity (Wildman–Crippen MR) is 48.9 cm³/mol. The number of hydrogen-bond acceptors (Lipinski definition) is 2. The van der Waals surface area contributed by atoms with Crippen LogP contribution >= 0.6 is 0 Å². The van der Waals surface area contributed by atoms with Crippen LogP contribution in [-0.2, 0) is 4.84 Å². The second kappa shape index (κ2) is 7.58. The molecule has 0 amide bonds. The van der Waals surface area contributed by atoms with Crippen LogP contribution in [0.2, 0.25) is 0 Å². The fraction of sp³-hybridized carbons (Fsp3) is 0.889. The summed E-state index contributed by atoms with van der Waals surface area (Å²) in [6, 6.07) is 0. The average Bonchev–Trinajstić information content (AvgIpc) is 2.01. The van der Waals surface area contributed by atoms with Crippen LogP contribution in [0, 0.1) is 0 Å². The third-order valence-corrected chi connectivity index (χ3v) is 1.58. The van der Waals surface area contributed by atoms with E-state index in [1.807, 2.05) is 0 Å². The molecule has 0 aromatic heterocycles. The summed E-state index contributed by atoms with van der Waals surface area (Å²) in [6.07, 6.45) is 5.78. The van der Waals surface area contributed by atoms with Gasteiger partial charge in [0.1, 0.15) is 7.11 Å². The number of unbranched alkanes of at least 4 members (excludes halogenated alkanes) is 1. The Morgan fingerprint density at radius 1 is 1.18 bits per heavy atom. The molecule has 0 saturated heterocycles. The minimum atomic E-state index is 1.08. The highest BCUT2D eigenvalue weighted by Gasteiger charge is 1.97. The molecule has 0 saturated carbocycles. The van der Waals surface area contributed by atoms with Gasteiger partial charge in [0, 0.05) is 0 Å². The summed E-state index contributed by atoms with van der Waals surface area (Å²) in [6.45, 7) is 4.35. The molecule has 0 atom stereocenters. The Bertz CT molecular complexity index is 110. The summed E-state index contributed by atoms with van der Waals surface area (Å²) in [7, 11) is 1.61. The van der Waals surface area contributed by atoms with Crippen LogP contribution < -0.4 is 0 Å². The standard InChI is InChI=1S/C9H19NO/c1-4-6-8-9(7-5-2)10-11-3/h4-8H2,1-3H3. The minimum absolute atomic E-state index is 1.08. The lowest BCUT2D eigenvalue weighted by molar-refractivity contribution is 0.211. The third-order valence-electron chi connectivity index (χ3n) is 1.58. The highest BCUT2D eigenvalue weighted by Crippen LogP contribution is 2.03. The second-order valence-corrected chi connectivity index (χ2v) is 2.69. The maximum absolute atomic E-state index is 4.74. The van der Waals surface area contributed by atoms with Crippen molar-refractivity contribution in [3.8, 4) is 0 Å². The molecule has 0 spiro atoms. The Morgan fingerprint density at radius 3 is 2.36 bits per heavy atom. The molecule has 0 aromatic rings. The van der Waals surface area contributed by atoms with Gasteiger partial charge >= 0.3 is 0 Å². The first-order valence-electron chi connectivity index (χ1n) is 4.44. The van der Waals surface area contributed by atoms with Crippen LogP contribution in [0.25, 0.3) is 0 Å². The van der Waals surface area contributed by atoms with Crippen molar-refractivity contribution in [3.63, 3.8) is 0 Å². The van der Waals surface area contributed by atoms with E-state index in [1.165, 1.54) is 18.6 Å². The molecule has 0 aliphatic rings. The van der Waals surface area contributed by atoms with Crippen molar-refractivity contribution in [2.75, 3.05) is 7.11 Å². The van der Waals surface area contributed by atoms with E-state index in [-0.39, 0.29) is 0 Å². The van der Waals surface area contributed by atoms with Crippen molar-refractivity contribution in [2.24, 2.45) is 5.16 Å². The van der Waals surface area contributed by atoms with Crippen LogP contribution in [0.15, 0.2) is 5.16 Å². The van der Waals surface area contributed by atoms with Gasteiger partial charge in [-0.2, -0.15) is 0 Å². The van der Waals surface area contributed by atoms with Gasteiger partial charge in [-0.3, -0.25) is 0 Å². The van der Waals surface area contributed by atoms with E-state index in [0.717, 1.165) is 19.3 Å².